The van der Waals surface area contributed by atoms with Gasteiger partial charge in [-0.1, -0.05) is 0 Å². The van der Waals surface area contributed by atoms with Gasteiger partial charge in [0.15, 0.2) is 0 Å². The predicted molar refractivity (Wildman–Crippen MR) is 71.4 cm³/mol. The topological polar surface area (TPSA) is 81.4 Å². The standard InChI is InChI=1S/C12H17F3N2O3S/c1-2-20-11-4-3-10(7-9(11)8-16)21(18,19)17-6-5-12(13,14)15/h3-4,7,17H,2,5-6,8,16H2,1H3. The number of sulfonamides is 1. The number of nitrogens with one attached hydrogen (secondary N) is 1. The smallest absolute Gasteiger partial charge is 0.390 e. The minimum absolute atomic E-state index is 0.0568. The van der Waals surface area contributed by atoms with Crippen LogP contribution in [0.1, 0.15) is 18.9 Å². The van der Waals surface area contributed by atoms with Crippen LogP contribution in [0.5, 0.6) is 5.75 Å². The summed E-state index contributed by atoms with van der Waals surface area (Å²) in [6.45, 7) is 1.50. The summed E-state index contributed by atoms with van der Waals surface area (Å²) >= 11 is 0. The highest BCUT2D eigenvalue weighted by molar-refractivity contribution is 7.89. The van der Waals surface area contributed by atoms with Crippen molar-refractivity contribution < 1.29 is 26.3 Å². The predicted octanol–water partition coefficient (Wildman–Crippen LogP) is 1.77. The number of nitrogens with two attached hydrogens (primary N) is 1. The molecule has 0 aromatic heterocycles. The van der Waals surface area contributed by atoms with Crippen molar-refractivity contribution >= 4 is 10.0 Å². The van der Waals surface area contributed by atoms with Crippen LogP contribution < -0.4 is 15.2 Å². The fourth-order valence-corrected chi connectivity index (χ4v) is 2.67. The molecule has 0 aliphatic rings. The molecule has 0 fully saturated rings. The summed E-state index contributed by atoms with van der Waals surface area (Å²) < 4.78 is 67.0. The minimum atomic E-state index is -4.41. The van der Waals surface area contributed by atoms with Crippen molar-refractivity contribution in [2.75, 3.05) is 13.2 Å². The van der Waals surface area contributed by atoms with E-state index in [1.165, 1.54) is 18.2 Å². The Balaban J connectivity index is 2.88. The van der Waals surface area contributed by atoms with Gasteiger partial charge >= 0.3 is 6.18 Å². The Hall–Kier alpha value is -1.32. The first-order valence-electron chi connectivity index (χ1n) is 6.22. The van der Waals surface area contributed by atoms with Crippen LogP contribution in [0.3, 0.4) is 0 Å². The van der Waals surface area contributed by atoms with Crippen LogP contribution in [0.15, 0.2) is 23.1 Å². The Kier molecular flexibility index (Phi) is 5.99. The zero-order valence-corrected chi connectivity index (χ0v) is 12.2. The molecule has 3 N–H and O–H groups in total. The average Bonchev–Trinajstić information content (AvgIpc) is 2.37. The molecular weight excluding hydrogens is 309 g/mol. The van der Waals surface area contributed by atoms with Gasteiger partial charge in [-0.05, 0) is 25.1 Å². The van der Waals surface area contributed by atoms with Gasteiger partial charge in [-0.25, -0.2) is 13.1 Å². The highest BCUT2D eigenvalue weighted by Gasteiger charge is 2.27. The van der Waals surface area contributed by atoms with E-state index in [0.29, 0.717) is 17.9 Å². The van der Waals surface area contributed by atoms with Crippen molar-refractivity contribution in [2.24, 2.45) is 5.73 Å². The van der Waals surface area contributed by atoms with Crippen LogP contribution in [0.2, 0.25) is 0 Å². The zero-order valence-electron chi connectivity index (χ0n) is 11.4. The monoisotopic (exact) mass is 326 g/mol. The molecule has 0 spiro atoms. The second-order valence-electron chi connectivity index (χ2n) is 4.17. The van der Waals surface area contributed by atoms with Crippen molar-refractivity contribution in [3.05, 3.63) is 23.8 Å². The van der Waals surface area contributed by atoms with Crippen molar-refractivity contribution in [1.82, 2.24) is 4.72 Å². The molecule has 1 rings (SSSR count). The lowest BCUT2D eigenvalue weighted by Crippen LogP contribution is -2.28. The van der Waals surface area contributed by atoms with Gasteiger partial charge in [0.1, 0.15) is 5.75 Å². The fourth-order valence-electron chi connectivity index (χ4n) is 1.59. The molecule has 0 heterocycles. The largest absolute Gasteiger partial charge is 0.494 e. The first-order valence-corrected chi connectivity index (χ1v) is 7.70. The van der Waals surface area contributed by atoms with Gasteiger partial charge in [-0.2, -0.15) is 13.2 Å². The lowest BCUT2D eigenvalue weighted by Gasteiger charge is -2.12. The number of ether oxygens (including phenoxy) is 1. The first kappa shape index (κ1) is 17.7. The Bertz CT molecular complexity index is 574. The van der Waals surface area contributed by atoms with E-state index < -0.39 is 29.2 Å². The maximum absolute atomic E-state index is 12.0. The van der Waals surface area contributed by atoms with E-state index in [4.69, 9.17) is 10.5 Å². The molecule has 0 saturated carbocycles. The van der Waals surface area contributed by atoms with E-state index in [1.54, 1.807) is 6.92 Å². The molecule has 0 bridgehead atoms. The summed E-state index contributed by atoms with van der Waals surface area (Å²) in [6, 6.07) is 3.99. The van der Waals surface area contributed by atoms with Crippen molar-refractivity contribution in [1.29, 1.82) is 0 Å². The summed E-state index contributed by atoms with van der Waals surface area (Å²) in [6.07, 6.45) is -5.64. The maximum atomic E-state index is 12.0. The Morgan fingerprint density at radius 3 is 2.52 bits per heavy atom. The molecule has 0 radical (unpaired) electrons. The summed E-state index contributed by atoms with van der Waals surface area (Å²) in [7, 11) is -4.01. The highest BCUT2D eigenvalue weighted by atomic mass is 32.2. The molecule has 0 aliphatic heterocycles. The molecule has 1 aromatic carbocycles. The molecule has 21 heavy (non-hydrogen) atoms. The second kappa shape index (κ2) is 7.10. The van der Waals surface area contributed by atoms with Crippen molar-refractivity contribution in [3.8, 4) is 5.75 Å². The molecular formula is C12H17F3N2O3S. The number of benzene rings is 1. The third kappa shape index (κ3) is 5.52. The van der Waals surface area contributed by atoms with Crippen LogP contribution in [-0.2, 0) is 16.6 Å². The molecule has 120 valence electrons. The van der Waals surface area contributed by atoms with Gasteiger partial charge in [0.05, 0.1) is 17.9 Å². The molecule has 0 atom stereocenters. The summed E-state index contributed by atoms with van der Waals surface area (Å²) in [5.74, 6) is 0.453. The van der Waals surface area contributed by atoms with Crippen LogP contribution in [-0.4, -0.2) is 27.7 Å². The molecule has 0 aliphatic carbocycles. The molecule has 0 unspecified atom stereocenters. The number of rotatable bonds is 7. The van der Waals surface area contributed by atoms with Gasteiger partial charge in [-0.15, -0.1) is 0 Å². The summed E-state index contributed by atoms with van der Waals surface area (Å²) in [5, 5.41) is 0. The highest BCUT2D eigenvalue weighted by Crippen LogP contribution is 2.23. The van der Waals surface area contributed by atoms with Gasteiger partial charge in [0.2, 0.25) is 10.0 Å². The van der Waals surface area contributed by atoms with E-state index in [2.05, 4.69) is 0 Å². The first-order chi connectivity index (χ1) is 9.69. The van der Waals surface area contributed by atoms with Gasteiger partial charge < -0.3 is 10.5 Å². The Morgan fingerprint density at radius 1 is 1.33 bits per heavy atom. The van der Waals surface area contributed by atoms with Crippen LogP contribution >= 0.6 is 0 Å². The normalized spacial score (nSPS) is 12.4. The SMILES string of the molecule is CCOc1ccc(S(=O)(=O)NCCC(F)(F)F)cc1CN. The Labute approximate surface area is 121 Å². The van der Waals surface area contributed by atoms with E-state index in [1.807, 2.05) is 4.72 Å². The molecule has 9 heteroatoms. The average molecular weight is 326 g/mol. The lowest BCUT2D eigenvalue weighted by molar-refractivity contribution is -0.132. The molecule has 5 nitrogen and oxygen atoms in total. The number of halogens is 3. The number of hydrogen-bond acceptors (Lipinski definition) is 4. The van der Waals surface area contributed by atoms with Crippen LogP contribution in [0.4, 0.5) is 13.2 Å². The minimum Gasteiger partial charge on any atom is -0.494 e. The third-order valence-electron chi connectivity index (χ3n) is 2.56. The second-order valence-corrected chi connectivity index (χ2v) is 5.94. The molecule has 0 saturated heterocycles. The molecule has 0 amide bonds. The quantitative estimate of drug-likeness (QED) is 0.800. The maximum Gasteiger partial charge on any atom is 0.390 e. The summed E-state index contributed by atoms with van der Waals surface area (Å²) in [4.78, 5) is -0.145. The lowest BCUT2D eigenvalue weighted by atomic mass is 10.2. The number of alkyl halides is 3. The zero-order chi connectivity index (χ0) is 16.1. The van der Waals surface area contributed by atoms with E-state index in [-0.39, 0.29) is 11.4 Å². The van der Waals surface area contributed by atoms with Crippen LogP contribution in [0, 0.1) is 0 Å². The van der Waals surface area contributed by atoms with Gasteiger partial charge in [0.25, 0.3) is 0 Å². The van der Waals surface area contributed by atoms with E-state index >= 15 is 0 Å². The van der Waals surface area contributed by atoms with Crippen molar-refractivity contribution in [2.45, 2.75) is 31.0 Å². The van der Waals surface area contributed by atoms with Crippen molar-refractivity contribution in [3.63, 3.8) is 0 Å². The Morgan fingerprint density at radius 2 is 2.00 bits per heavy atom. The number of hydrogen-bond donors (Lipinski definition) is 2. The van der Waals surface area contributed by atoms with Gasteiger partial charge in [-0.3, -0.25) is 0 Å². The van der Waals surface area contributed by atoms with Gasteiger partial charge in [0, 0.05) is 18.7 Å². The summed E-state index contributed by atoms with van der Waals surface area (Å²) in [5.41, 5.74) is 5.97. The fraction of sp³-hybridized carbons (Fsp3) is 0.500. The van der Waals surface area contributed by atoms with E-state index in [0.717, 1.165) is 0 Å². The third-order valence-corrected chi connectivity index (χ3v) is 4.02. The van der Waals surface area contributed by atoms with Crippen LogP contribution in [0.25, 0.3) is 0 Å². The van der Waals surface area contributed by atoms with E-state index in [9.17, 15) is 21.6 Å². The molecule has 1 aromatic rings.